The minimum atomic E-state index is 0.466. The third-order valence-electron chi connectivity index (χ3n) is 6.61. The third-order valence-corrected chi connectivity index (χ3v) is 6.84. The molecule has 2 heterocycles. The van der Waals surface area contributed by atoms with Gasteiger partial charge in [0.15, 0.2) is 5.82 Å². The first kappa shape index (κ1) is 18.8. The molecular formula is C24H27ClN4. The summed E-state index contributed by atoms with van der Waals surface area (Å²) in [5.41, 5.74) is 3.94. The molecule has 1 fully saturated rings. The molecule has 0 atom stereocenters. The fourth-order valence-corrected chi connectivity index (χ4v) is 5.18. The van der Waals surface area contributed by atoms with E-state index >= 15 is 0 Å². The van der Waals surface area contributed by atoms with Crippen molar-refractivity contribution in [3.05, 3.63) is 76.3 Å². The number of benzene rings is 2. The van der Waals surface area contributed by atoms with Crippen molar-refractivity contribution in [2.24, 2.45) is 0 Å². The maximum atomic E-state index is 6.33. The summed E-state index contributed by atoms with van der Waals surface area (Å²) in [4.78, 5) is 2.40. The normalized spacial score (nSPS) is 22.0. The van der Waals surface area contributed by atoms with Gasteiger partial charge < -0.3 is 0 Å². The molecule has 1 aromatic heterocycles. The number of rotatable bonds is 3. The van der Waals surface area contributed by atoms with E-state index in [-0.39, 0.29) is 0 Å². The summed E-state index contributed by atoms with van der Waals surface area (Å²) in [5, 5.41) is 10.1. The molecule has 1 saturated carbocycles. The van der Waals surface area contributed by atoms with E-state index in [2.05, 4.69) is 64.0 Å². The molecule has 0 N–H and O–H groups in total. The molecule has 2 aliphatic rings. The highest BCUT2D eigenvalue weighted by molar-refractivity contribution is 6.30. The van der Waals surface area contributed by atoms with Crippen molar-refractivity contribution in [1.29, 1.82) is 0 Å². The number of hydrogen-bond acceptors (Lipinski definition) is 3. The highest BCUT2D eigenvalue weighted by Gasteiger charge is 2.30. The third kappa shape index (κ3) is 3.60. The summed E-state index contributed by atoms with van der Waals surface area (Å²) >= 11 is 6.33. The summed E-state index contributed by atoms with van der Waals surface area (Å²) in [6.07, 6.45) is 4.76. The Morgan fingerprint density at radius 3 is 2.45 bits per heavy atom. The second-order valence-electron chi connectivity index (χ2n) is 8.35. The highest BCUT2D eigenvalue weighted by atomic mass is 35.5. The van der Waals surface area contributed by atoms with Gasteiger partial charge in [-0.1, -0.05) is 48.9 Å². The molecule has 0 bridgehead atoms. The van der Waals surface area contributed by atoms with Gasteiger partial charge in [0.2, 0.25) is 0 Å². The van der Waals surface area contributed by atoms with Crippen molar-refractivity contribution in [1.82, 2.24) is 19.7 Å². The lowest BCUT2D eigenvalue weighted by Crippen LogP contribution is -2.21. The predicted molar refractivity (Wildman–Crippen MR) is 117 cm³/mol. The summed E-state index contributed by atoms with van der Waals surface area (Å²) in [6.45, 7) is 4.91. The molecule has 0 radical (unpaired) electrons. The molecule has 4 nitrogen and oxygen atoms in total. The monoisotopic (exact) mass is 406 g/mol. The number of nitrogens with zero attached hydrogens (tertiary/aromatic N) is 4. The van der Waals surface area contributed by atoms with E-state index in [1.54, 1.807) is 0 Å². The Morgan fingerprint density at radius 1 is 0.931 bits per heavy atom. The number of aromatic nitrogens is 3. The van der Waals surface area contributed by atoms with E-state index in [0.29, 0.717) is 11.8 Å². The van der Waals surface area contributed by atoms with Crippen LogP contribution in [0.4, 0.5) is 0 Å². The molecule has 0 saturated heterocycles. The van der Waals surface area contributed by atoms with Crippen LogP contribution in [0.3, 0.4) is 0 Å². The molecule has 1 aliphatic carbocycles. The van der Waals surface area contributed by atoms with Crippen LogP contribution in [0.5, 0.6) is 0 Å². The van der Waals surface area contributed by atoms with E-state index in [4.69, 9.17) is 16.7 Å². The van der Waals surface area contributed by atoms with Crippen LogP contribution in [0.2, 0.25) is 5.02 Å². The second-order valence-corrected chi connectivity index (χ2v) is 8.78. The molecule has 150 valence electrons. The largest absolute Gasteiger partial charge is 0.292 e. The number of hydrogen-bond donors (Lipinski definition) is 0. The van der Waals surface area contributed by atoms with Gasteiger partial charge in [-0.2, -0.15) is 0 Å². The Hall–Kier alpha value is -2.17. The minimum Gasteiger partial charge on any atom is -0.292 e. The van der Waals surface area contributed by atoms with Crippen molar-refractivity contribution in [2.75, 3.05) is 6.54 Å². The minimum absolute atomic E-state index is 0.466. The van der Waals surface area contributed by atoms with Crippen LogP contribution in [-0.2, 0) is 13.1 Å². The van der Waals surface area contributed by atoms with Crippen LogP contribution < -0.4 is 0 Å². The van der Waals surface area contributed by atoms with Crippen LogP contribution in [0.15, 0.2) is 48.5 Å². The average molecular weight is 407 g/mol. The summed E-state index contributed by atoms with van der Waals surface area (Å²) in [6, 6.07) is 17.2. The maximum absolute atomic E-state index is 6.33. The standard InChI is InChI=1S/C24H27ClN4/c1-2-28-15-20-14-21(25)12-13-22(20)29-23(16-28)26-27-24(29)19-10-8-18(9-11-19)17-6-4-3-5-7-17/h3-7,12-14,18-19H,2,8-11,15-16H2,1H3. The Labute approximate surface area is 177 Å². The van der Waals surface area contributed by atoms with Gasteiger partial charge in [0.1, 0.15) is 5.82 Å². The Balaban J connectivity index is 1.46. The molecule has 29 heavy (non-hydrogen) atoms. The van der Waals surface area contributed by atoms with E-state index in [1.165, 1.54) is 29.7 Å². The molecule has 0 amide bonds. The van der Waals surface area contributed by atoms with Gasteiger partial charge in [-0.15, -0.1) is 10.2 Å². The Bertz CT molecular complexity index is 989. The highest BCUT2D eigenvalue weighted by Crippen LogP contribution is 2.41. The maximum Gasteiger partial charge on any atom is 0.151 e. The predicted octanol–water partition coefficient (Wildman–Crippen LogP) is 5.70. The summed E-state index contributed by atoms with van der Waals surface area (Å²) in [5.74, 6) is 3.31. The fraction of sp³-hybridized carbons (Fsp3) is 0.417. The van der Waals surface area contributed by atoms with Crippen molar-refractivity contribution in [3.8, 4) is 5.69 Å². The van der Waals surface area contributed by atoms with Crippen molar-refractivity contribution < 1.29 is 0 Å². The van der Waals surface area contributed by atoms with Gasteiger partial charge in [-0.3, -0.25) is 9.47 Å². The van der Waals surface area contributed by atoms with Crippen LogP contribution in [0.1, 0.15) is 67.2 Å². The first-order valence-electron chi connectivity index (χ1n) is 10.7. The molecule has 5 heteroatoms. The quantitative estimate of drug-likeness (QED) is 0.559. The van der Waals surface area contributed by atoms with Crippen LogP contribution >= 0.6 is 11.6 Å². The van der Waals surface area contributed by atoms with Gasteiger partial charge in [0, 0.05) is 17.5 Å². The molecule has 3 aromatic rings. The topological polar surface area (TPSA) is 34.0 Å². The van der Waals surface area contributed by atoms with Crippen LogP contribution in [-0.4, -0.2) is 26.2 Å². The first-order chi connectivity index (χ1) is 14.2. The summed E-state index contributed by atoms with van der Waals surface area (Å²) in [7, 11) is 0. The lowest BCUT2D eigenvalue weighted by Gasteiger charge is -2.28. The van der Waals surface area contributed by atoms with Gasteiger partial charge in [-0.25, -0.2) is 0 Å². The van der Waals surface area contributed by atoms with Crippen molar-refractivity contribution in [3.63, 3.8) is 0 Å². The van der Waals surface area contributed by atoms with Crippen LogP contribution in [0, 0.1) is 0 Å². The zero-order valence-electron chi connectivity index (χ0n) is 16.9. The second kappa shape index (κ2) is 7.92. The van der Waals surface area contributed by atoms with Crippen molar-refractivity contribution >= 4 is 11.6 Å². The lowest BCUT2D eigenvalue weighted by atomic mass is 9.78. The lowest BCUT2D eigenvalue weighted by molar-refractivity contribution is 0.268. The Morgan fingerprint density at radius 2 is 1.69 bits per heavy atom. The first-order valence-corrected chi connectivity index (χ1v) is 11.1. The van der Waals surface area contributed by atoms with E-state index < -0.39 is 0 Å². The Kier molecular flexibility index (Phi) is 5.15. The van der Waals surface area contributed by atoms with E-state index in [1.807, 2.05) is 6.07 Å². The molecule has 2 aromatic carbocycles. The zero-order chi connectivity index (χ0) is 19.8. The molecular weight excluding hydrogens is 380 g/mol. The number of fused-ring (bicyclic) bond motifs is 3. The van der Waals surface area contributed by atoms with Gasteiger partial charge in [0.25, 0.3) is 0 Å². The van der Waals surface area contributed by atoms with Crippen LogP contribution in [0.25, 0.3) is 5.69 Å². The van der Waals surface area contributed by atoms with Gasteiger partial charge >= 0.3 is 0 Å². The summed E-state index contributed by atoms with van der Waals surface area (Å²) < 4.78 is 2.33. The van der Waals surface area contributed by atoms with Gasteiger partial charge in [0.05, 0.1) is 12.2 Å². The molecule has 0 unspecified atom stereocenters. The number of halogens is 1. The SMILES string of the molecule is CCN1Cc2cc(Cl)ccc2-n2c(nnc2C2CCC(c3ccccc3)CC2)C1. The molecule has 5 rings (SSSR count). The fourth-order valence-electron chi connectivity index (χ4n) is 4.99. The molecule has 1 aliphatic heterocycles. The van der Waals surface area contributed by atoms with Gasteiger partial charge in [-0.05, 0) is 67.5 Å². The zero-order valence-corrected chi connectivity index (χ0v) is 17.6. The average Bonchev–Trinajstić information content (AvgIpc) is 3.10. The van der Waals surface area contributed by atoms with E-state index in [0.717, 1.165) is 49.1 Å². The molecule has 0 spiro atoms. The van der Waals surface area contributed by atoms with Crippen molar-refractivity contribution in [2.45, 2.75) is 57.5 Å². The smallest absolute Gasteiger partial charge is 0.151 e. The van der Waals surface area contributed by atoms with E-state index in [9.17, 15) is 0 Å².